The highest BCUT2D eigenvalue weighted by Gasteiger charge is 2.08. The first-order valence-corrected chi connectivity index (χ1v) is 5.40. The van der Waals surface area contributed by atoms with Crippen molar-refractivity contribution in [2.45, 2.75) is 18.2 Å². The molecule has 0 saturated heterocycles. The molecule has 72 valence electrons. The van der Waals surface area contributed by atoms with E-state index in [1.165, 1.54) is 12.1 Å². The molecular weight excluding hydrogens is 189 g/mol. The van der Waals surface area contributed by atoms with Crippen molar-refractivity contribution < 1.29 is 8.60 Å². The Bertz CT molecular complexity index is 327. The van der Waals surface area contributed by atoms with Crippen molar-refractivity contribution in [2.75, 3.05) is 11.5 Å². The Morgan fingerprint density at radius 2 is 2.23 bits per heavy atom. The number of nitrogen functional groups attached to an aromatic ring is 1. The minimum atomic E-state index is -1.23. The molecule has 0 amide bonds. The molecule has 1 aromatic carbocycles. The minimum Gasteiger partial charge on any atom is -0.399 e. The molecule has 0 aliphatic rings. The lowest BCUT2D eigenvalue weighted by atomic mass is 10.3. The highest BCUT2D eigenvalue weighted by molar-refractivity contribution is 7.85. The van der Waals surface area contributed by atoms with E-state index in [1.807, 2.05) is 6.92 Å². The van der Waals surface area contributed by atoms with Gasteiger partial charge < -0.3 is 5.73 Å². The average molecular weight is 201 g/mol. The molecule has 1 rings (SSSR count). The lowest BCUT2D eigenvalue weighted by Gasteiger charge is -2.02. The van der Waals surface area contributed by atoms with E-state index in [4.69, 9.17) is 5.73 Å². The number of hydrogen-bond donors (Lipinski definition) is 1. The van der Waals surface area contributed by atoms with E-state index in [0.29, 0.717) is 11.4 Å². The molecule has 0 bridgehead atoms. The van der Waals surface area contributed by atoms with Crippen LogP contribution in [0.2, 0.25) is 0 Å². The Morgan fingerprint density at radius 1 is 1.54 bits per heavy atom. The summed E-state index contributed by atoms with van der Waals surface area (Å²) in [5.74, 6) is 0.00711. The molecule has 1 aromatic rings. The van der Waals surface area contributed by atoms with Gasteiger partial charge in [-0.15, -0.1) is 0 Å². The van der Waals surface area contributed by atoms with Crippen LogP contribution in [-0.4, -0.2) is 9.96 Å². The van der Waals surface area contributed by atoms with Gasteiger partial charge in [0, 0.05) is 11.4 Å². The van der Waals surface area contributed by atoms with Gasteiger partial charge in [0.1, 0.15) is 5.82 Å². The van der Waals surface area contributed by atoms with E-state index in [2.05, 4.69) is 0 Å². The third-order valence-electron chi connectivity index (χ3n) is 1.59. The topological polar surface area (TPSA) is 43.1 Å². The van der Waals surface area contributed by atoms with Crippen molar-refractivity contribution in [1.29, 1.82) is 0 Å². The zero-order valence-corrected chi connectivity index (χ0v) is 8.23. The van der Waals surface area contributed by atoms with Crippen LogP contribution in [0.1, 0.15) is 13.3 Å². The van der Waals surface area contributed by atoms with Crippen LogP contribution >= 0.6 is 0 Å². The fraction of sp³-hybridized carbons (Fsp3) is 0.333. The van der Waals surface area contributed by atoms with Gasteiger partial charge >= 0.3 is 0 Å². The van der Waals surface area contributed by atoms with Crippen molar-refractivity contribution in [3.05, 3.63) is 24.0 Å². The van der Waals surface area contributed by atoms with E-state index >= 15 is 0 Å². The molecule has 2 nitrogen and oxygen atoms in total. The second-order valence-corrected chi connectivity index (χ2v) is 4.28. The van der Waals surface area contributed by atoms with Crippen LogP contribution in [0, 0.1) is 5.82 Å². The standard InChI is InChI=1S/C9H12FNOS/c1-2-5-13(12)9-4-3-7(11)6-8(9)10/h3-4,6H,2,5,11H2,1H3. The summed E-state index contributed by atoms with van der Waals surface area (Å²) in [5.41, 5.74) is 5.72. The molecule has 0 aliphatic heterocycles. The van der Waals surface area contributed by atoms with E-state index in [9.17, 15) is 8.60 Å². The molecule has 0 saturated carbocycles. The van der Waals surface area contributed by atoms with Gasteiger partial charge in [0.2, 0.25) is 0 Å². The summed E-state index contributed by atoms with van der Waals surface area (Å²) in [6, 6.07) is 4.24. The Labute approximate surface area is 79.4 Å². The predicted molar refractivity (Wildman–Crippen MR) is 52.4 cm³/mol. The third kappa shape index (κ3) is 2.52. The van der Waals surface area contributed by atoms with Crippen molar-refractivity contribution in [3.8, 4) is 0 Å². The highest BCUT2D eigenvalue weighted by Crippen LogP contribution is 2.15. The van der Waals surface area contributed by atoms with E-state index in [-0.39, 0.29) is 4.90 Å². The molecule has 0 aromatic heterocycles. The van der Waals surface area contributed by atoms with Crippen molar-refractivity contribution in [3.63, 3.8) is 0 Å². The maximum absolute atomic E-state index is 13.2. The largest absolute Gasteiger partial charge is 0.399 e. The van der Waals surface area contributed by atoms with Gasteiger partial charge in [-0.3, -0.25) is 4.21 Å². The van der Waals surface area contributed by atoms with Gasteiger partial charge in [0.25, 0.3) is 0 Å². The van der Waals surface area contributed by atoms with Crippen molar-refractivity contribution in [1.82, 2.24) is 0 Å². The van der Waals surface area contributed by atoms with E-state index in [1.54, 1.807) is 6.07 Å². The van der Waals surface area contributed by atoms with Crippen LogP contribution in [0.15, 0.2) is 23.1 Å². The molecule has 1 atom stereocenters. The molecule has 1 unspecified atom stereocenters. The molecule has 0 heterocycles. The van der Waals surface area contributed by atoms with Gasteiger partial charge in [0.05, 0.1) is 15.7 Å². The average Bonchev–Trinajstić information content (AvgIpc) is 2.04. The number of benzene rings is 1. The molecule has 0 aliphatic carbocycles. The third-order valence-corrected chi connectivity index (χ3v) is 3.19. The summed E-state index contributed by atoms with van der Waals surface area (Å²) in [6.45, 7) is 1.91. The summed E-state index contributed by atoms with van der Waals surface area (Å²) < 4.78 is 24.6. The SMILES string of the molecule is CCCS(=O)c1ccc(N)cc1F. The molecule has 0 fully saturated rings. The van der Waals surface area contributed by atoms with Crippen molar-refractivity contribution in [2.24, 2.45) is 0 Å². The Balaban J connectivity index is 2.95. The number of halogens is 1. The zero-order valence-electron chi connectivity index (χ0n) is 7.42. The van der Waals surface area contributed by atoms with Gasteiger partial charge in [0.15, 0.2) is 0 Å². The summed E-state index contributed by atoms with van der Waals surface area (Å²) in [7, 11) is -1.23. The molecule has 0 radical (unpaired) electrons. The van der Waals surface area contributed by atoms with Gasteiger partial charge in [-0.05, 0) is 24.6 Å². The first-order valence-electron chi connectivity index (χ1n) is 4.08. The Kier molecular flexibility index (Phi) is 3.42. The summed E-state index contributed by atoms with van der Waals surface area (Å²) in [4.78, 5) is 0.246. The van der Waals surface area contributed by atoms with Gasteiger partial charge in [-0.1, -0.05) is 6.92 Å². The van der Waals surface area contributed by atoms with Crippen LogP contribution in [0.4, 0.5) is 10.1 Å². The Morgan fingerprint density at radius 3 is 2.77 bits per heavy atom. The Hall–Kier alpha value is -0.900. The number of rotatable bonds is 3. The lowest BCUT2D eigenvalue weighted by Crippen LogP contribution is -2.00. The maximum Gasteiger partial charge on any atom is 0.141 e. The quantitative estimate of drug-likeness (QED) is 0.759. The highest BCUT2D eigenvalue weighted by atomic mass is 32.2. The molecule has 4 heteroatoms. The molecule has 2 N–H and O–H groups in total. The number of hydrogen-bond acceptors (Lipinski definition) is 2. The summed E-state index contributed by atoms with van der Waals surface area (Å²) >= 11 is 0. The first kappa shape index (κ1) is 10.2. The van der Waals surface area contributed by atoms with Crippen molar-refractivity contribution >= 4 is 16.5 Å². The van der Waals surface area contributed by atoms with Crippen LogP contribution in [0.5, 0.6) is 0 Å². The maximum atomic E-state index is 13.2. The molecule has 0 spiro atoms. The minimum absolute atomic E-state index is 0.246. The second kappa shape index (κ2) is 4.37. The summed E-state index contributed by atoms with van der Waals surface area (Å²) in [5, 5.41) is 0. The van der Waals surface area contributed by atoms with Crippen LogP contribution < -0.4 is 5.73 Å². The number of anilines is 1. The number of nitrogens with two attached hydrogens (primary N) is 1. The second-order valence-electron chi connectivity index (χ2n) is 2.74. The smallest absolute Gasteiger partial charge is 0.141 e. The fourth-order valence-corrected chi connectivity index (χ4v) is 2.08. The van der Waals surface area contributed by atoms with Gasteiger partial charge in [-0.2, -0.15) is 0 Å². The van der Waals surface area contributed by atoms with E-state index < -0.39 is 16.6 Å². The van der Waals surface area contributed by atoms with E-state index in [0.717, 1.165) is 6.42 Å². The molecular formula is C9H12FNOS. The predicted octanol–water partition coefficient (Wildman–Crippen LogP) is 1.93. The van der Waals surface area contributed by atoms with Gasteiger partial charge in [-0.25, -0.2) is 4.39 Å². The monoisotopic (exact) mass is 201 g/mol. The fourth-order valence-electron chi connectivity index (χ4n) is 0.997. The van der Waals surface area contributed by atoms with Crippen LogP contribution in [0.3, 0.4) is 0 Å². The lowest BCUT2D eigenvalue weighted by molar-refractivity contribution is 0.596. The van der Waals surface area contributed by atoms with Crippen LogP contribution in [-0.2, 0) is 10.8 Å². The van der Waals surface area contributed by atoms with Crippen LogP contribution in [0.25, 0.3) is 0 Å². The summed E-state index contributed by atoms with van der Waals surface area (Å²) in [6.07, 6.45) is 0.774. The zero-order chi connectivity index (χ0) is 9.84. The normalized spacial score (nSPS) is 12.8. The molecule has 13 heavy (non-hydrogen) atoms. The first-order chi connectivity index (χ1) is 6.15.